The lowest BCUT2D eigenvalue weighted by Gasteiger charge is -2.29. The fourth-order valence-corrected chi connectivity index (χ4v) is 2.65. The van der Waals surface area contributed by atoms with E-state index in [1.807, 2.05) is 24.3 Å². The van der Waals surface area contributed by atoms with Crippen molar-refractivity contribution in [2.45, 2.75) is 12.8 Å². The van der Waals surface area contributed by atoms with E-state index in [9.17, 15) is 9.59 Å². The van der Waals surface area contributed by atoms with Crippen LogP contribution in [0, 0.1) is 0 Å². The van der Waals surface area contributed by atoms with Gasteiger partial charge in [-0.25, -0.2) is 9.97 Å². The van der Waals surface area contributed by atoms with Gasteiger partial charge in [-0.05, 0) is 24.5 Å². The van der Waals surface area contributed by atoms with E-state index in [4.69, 9.17) is 5.73 Å². The van der Waals surface area contributed by atoms with Crippen LogP contribution in [0.3, 0.4) is 0 Å². The van der Waals surface area contributed by atoms with Gasteiger partial charge in [0.15, 0.2) is 11.5 Å². The van der Waals surface area contributed by atoms with Gasteiger partial charge in [0.05, 0.1) is 6.54 Å². The number of nitrogens with two attached hydrogens (primary N) is 1. The van der Waals surface area contributed by atoms with Crippen LogP contribution in [0.4, 0.5) is 11.5 Å². The summed E-state index contributed by atoms with van der Waals surface area (Å²) in [7, 11) is 0. The Morgan fingerprint density at radius 2 is 2.00 bits per heavy atom. The molecule has 3 rings (SSSR count). The predicted octanol–water partition coefficient (Wildman–Crippen LogP) is 0.768. The van der Waals surface area contributed by atoms with Crippen LogP contribution < -0.4 is 16.0 Å². The van der Waals surface area contributed by atoms with Crippen molar-refractivity contribution in [3.8, 4) is 0 Å². The Bertz CT molecular complexity index is 747. The topological polar surface area (TPSA) is 101 Å². The molecule has 0 aliphatic carbocycles. The summed E-state index contributed by atoms with van der Waals surface area (Å²) in [6, 6.07) is 7.82. The zero-order valence-corrected chi connectivity index (χ0v) is 12.5. The lowest BCUT2D eigenvalue weighted by atomic mass is 10.0. The van der Waals surface area contributed by atoms with Crippen LogP contribution in [0.25, 0.3) is 0 Å². The van der Waals surface area contributed by atoms with E-state index in [1.165, 1.54) is 12.4 Å². The van der Waals surface area contributed by atoms with Gasteiger partial charge < -0.3 is 16.0 Å². The van der Waals surface area contributed by atoms with Gasteiger partial charge in [0, 0.05) is 24.6 Å². The number of hydrogen-bond donors (Lipinski definition) is 2. The Kier molecular flexibility index (Phi) is 4.18. The van der Waals surface area contributed by atoms with Crippen molar-refractivity contribution in [3.63, 3.8) is 0 Å². The quantitative estimate of drug-likeness (QED) is 0.872. The third-order valence-corrected chi connectivity index (χ3v) is 3.75. The molecule has 0 spiro atoms. The molecular weight excluding hydrogens is 294 g/mol. The summed E-state index contributed by atoms with van der Waals surface area (Å²) in [6.45, 7) is 0.544. The zero-order chi connectivity index (χ0) is 16.2. The number of carbonyl (C=O) groups excluding carboxylic acids is 2. The average molecular weight is 311 g/mol. The van der Waals surface area contributed by atoms with Gasteiger partial charge in [-0.3, -0.25) is 9.59 Å². The van der Waals surface area contributed by atoms with Crippen LogP contribution >= 0.6 is 0 Å². The number of benzene rings is 1. The fraction of sp³-hybridized carbons (Fsp3) is 0.250. The summed E-state index contributed by atoms with van der Waals surface area (Å²) in [5, 5.41) is 2.56. The first kappa shape index (κ1) is 15.0. The molecule has 2 heterocycles. The van der Waals surface area contributed by atoms with E-state index in [2.05, 4.69) is 15.3 Å². The summed E-state index contributed by atoms with van der Waals surface area (Å²) in [6.07, 6.45) is 4.66. The van der Waals surface area contributed by atoms with Crippen molar-refractivity contribution >= 4 is 23.3 Å². The lowest BCUT2D eigenvalue weighted by Crippen LogP contribution is -2.42. The normalized spacial score (nSPS) is 13.3. The van der Waals surface area contributed by atoms with Gasteiger partial charge in [0.1, 0.15) is 0 Å². The van der Waals surface area contributed by atoms with Gasteiger partial charge in [0.2, 0.25) is 5.91 Å². The van der Waals surface area contributed by atoms with Crippen LogP contribution in [0.15, 0.2) is 36.7 Å². The summed E-state index contributed by atoms with van der Waals surface area (Å²) < 4.78 is 0. The van der Waals surface area contributed by atoms with E-state index in [-0.39, 0.29) is 24.0 Å². The van der Waals surface area contributed by atoms with Crippen molar-refractivity contribution in [2.75, 3.05) is 23.7 Å². The summed E-state index contributed by atoms with van der Waals surface area (Å²) in [5.41, 5.74) is 7.69. The van der Waals surface area contributed by atoms with Gasteiger partial charge in [-0.15, -0.1) is 0 Å². The minimum Gasteiger partial charge on any atom is -0.382 e. The second-order valence-corrected chi connectivity index (χ2v) is 5.25. The fourth-order valence-electron chi connectivity index (χ4n) is 2.65. The maximum atomic E-state index is 12.4. The van der Waals surface area contributed by atoms with Crippen molar-refractivity contribution < 1.29 is 9.59 Å². The van der Waals surface area contributed by atoms with E-state index in [0.717, 1.165) is 24.1 Å². The Morgan fingerprint density at radius 1 is 1.22 bits per heavy atom. The SMILES string of the molecule is Nc1nccnc1C(=O)NCC(=O)N1CCCc2ccccc21. The van der Waals surface area contributed by atoms with Crippen LogP contribution in [0.5, 0.6) is 0 Å². The Balaban J connectivity index is 1.67. The Morgan fingerprint density at radius 3 is 2.83 bits per heavy atom. The molecule has 3 N–H and O–H groups in total. The Hall–Kier alpha value is -2.96. The second-order valence-electron chi connectivity index (χ2n) is 5.25. The van der Waals surface area contributed by atoms with E-state index in [0.29, 0.717) is 6.54 Å². The third kappa shape index (κ3) is 3.13. The Labute approximate surface area is 133 Å². The second kappa shape index (κ2) is 6.43. The number of hydrogen-bond acceptors (Lipinski definition) is 5. The number of nitrogens with one attached hydrogen (secondary N) is 1. The molecule has 7 heteroatoms. The number of aromatic nitrogens is 2. The van der Waals surface area contributed by atoms with E-state index >= 15 is 0 Å². The van der Waals surface area contributed by atoms with Gasteiger partial charge >= 0.3 is 0 Å². The minimum atomic E-state index is -0.505. The standard InChI is InChI=1S/C16H17N5O2/c17-15-14(18-7-8-19-15)16(23)20-10-13(22)21-9-3-5-11-4-1-2-6-12(11)21/h1-2,4,6-8H,3,5,9-10H2,(H2,17,19)(H,20,23). The largest absolute Gasteiger partial charge is 0.382 e. The number of fused-ring (bicyclic) bond motifs is 1. The lowest BCUT2D eigenvalue weighted by molar-refractivity contribution is -0.117. The molecule has 1 aromatic carbocycles. The monoisotopic (exact) mass is 311 g/mol. The number of rotatable bonds is 3. The van der Waals surface area contributed by atoms with Crippen LogP contribution in [-0.4, -0.2) is 34.9 Å². The number of aryl methyl sites for hydroxylation is 1. The molecule has 0 saturated carbocycles. The van der Waals surface area contributed by atoms with E-state index in [1.54, 1.807) is 4.90 Å². The summed E-state index contributed by atoms with van der Waals surface area (Å²) in [5.74, 6) is -0.622. The van der Waals surface area contributed by atoms with E-state index < -0.39 is 5.91 Å². The van der Waals surface area contributed by atoms with Crippen LogP contribution in [0.2, 0.25) is 0 Å². The molecule has 0 saturated heterocycles. The number of nitrogen functional groups attached to an aromatic ring is 1. The first-order chi connectivity index (χ1) is 11.2. The average Bonchev–Trinajstić information content (AvgIpc) is 2.59. The molecule has 1 aliphatic heterocycles. The molecule has 0 fully saturated rings. The highest BCUT2D eigenvalue weighted by Crippen LogP contribution is 2.26. The molecule has 2 amide bonds. The first-order valence-electron chi connectivity index (χ1n) is 7.40. The highest BCUT2D eigenvalue weighted by atomic mass is 16.2. The molecule has 2 aromatic rings. The molecular formula is C16H17N5O2. The van der Waals surface area contributed by atoms with Crippen molar-refractivity contribution in [2.24, 2.45) is 0 Å². The molecule has 0 bridgehead atoms. The molecule has 118 valence electrons. The number of amides is 2. The van der Waals surface area contributed by atoms with Crippen molar-refractivity contribution in [1.82, 2.24) is 15.3 Å². The molecule has 7 nitrogen and oxygen atoms in total. The maximum absolute atomic E-state index is 12.4. The van der Waals surface area contributed by atoms with Gasteiger partial charge in [0.25, 0.3) is 5.91 Å². The number of nitrogens with zero attached hydrogens (tertiary/aromatic N) is 3. The highest BCUT2D eigenvalue weighted by molar-refractivity contribution is 6.01. The minimum absolute atomic E-state index is 0.0272. The smallest absolute Gasteiger partial charge is 0.274 e. The third-order valence-electron chi connectivity index (χ3n) is 3.75. The van der Waals surface area contributed by atoms with Crippen LogP contribution in [-0.2, 0) is 11.2 Å². The molecule has 0 radical (unpaired) electrons. The zero-order valence-electron chi connectivity index (χ0n) is 12.5. The number of para-hydroxylation sites is 1. The number of anilines is 2. The molecule has 1 aromatic heterocycles. The van der Waals surface area contributed by atoms with Crippen LogP contribution in [0.1, 0.15) is 22.5 Å². The molecule has 23 heavy (non-hydrogen) atoms. The molecule has 0 unspecified atom stereocenters. The van der Waals surface area contributed by atoms with Gasteiger partial charge in [-0.1, -0.05) is 18.2 Å². The summed E-state index contributed by atoms with van der Waals surface area (Å²) >= 11 is 0. The maximum Gasteiger partial charge on any atom is 0.274 e. The summed E-state index contributed by atoms with van der Waals surface area (Å²) in [4.78, 5) is 33.9. The first-order valence-corrected chi connectivity index (χ1v) is 7.40. The predicted molar refractivity (Wildman–Crippen MR) is 85.9 cm³/mol. The van der Waals surface area contributed by atoms with Gasteiger partial charge in [-0.2, -0.15) is 0 Å². The molecule has 0 atom stereocenters. The van der Waals surface area contributed by atoms with Crippen molar-refractivity contribution in [3.05, 3.63) is 47.9 Å². The highest BCUT2D eigenvalue weighted by Gasteiger charge is 2.22. The molecule has 1 aliphatic rings. The van der Waals surface area contributed by atoms with Crippen molar-refractivity contribution in [1.29, 1.82) is 0 Å². The number of carbonyl (C=O) groups is 2.